The van der Waals surface area contributed by atoms with E-state index in [0.717, 1.165) is 22.1 Å². The molecule has 12 heteroatoms. The number of allylic oxidation sites excluding steroid dienone is 2. The van der Waals surface area contributed by atoms with Crippen molar-refractivity contribution < 1.29 is 38.1 Å². The first-order chi connectivity index (χ1) is 26.4. The minimum absolute atomic E-state index is 0.0989. The molecule has 6 atom stereocenters. The van der Waals surface area contributed by atoms with Crippen molar-refractivity contribution >= 4 is 70.4 Å². The number of carbonyl (C=O) groups excluding carboxylic acids is 4. The number of fused-ring (bicyclic) bond motifs is 4. The van der Waals surface area contributed by atoms with Crippen molar-refractivity contribution in [2.24, 2.45) is 29.1 Å². The molecule has 1 N–H and O–H groups in total. The van der Waals surface area contributed by atoms with Gasteiger partial charge < -0.3 is 14.6 Å². The predicted octanol–water partition coefficient (Wildman–Crippen LogP) is 8.46. The van der Waals surface area contributed by atoms with Crippen molar-refractivity contribution in [2.75, 3.05) is 24.0 Å². The molecule has 8 rings (SSSR count). The van der Waals surface area contributed by atoms with Gasteiger partial charge >= 0.3 is 0 Å². The second-order valence-electron chi connectivity index (χ2n) is 14.5. The lowest BCUT2D eigenvalue weighted by Crippen LogP contribution is -2.48. The number of hydrogen-bond donors (Lipinski definition) is 1. The zero-order valence-electron chi connectivity index (χ0n) is 30.0. The molecular formula is C43H35Cl2FN2O7. The van der Waals surface area contributed by atoms with E-state index in [9.17, 15) is 28.7 Å². The van der Waals surface area contributed by atoms with Gasteiger partial charge in [0.25, 0.3) is 0 Å². The highest BCUT2D eigenvalue weighted by molar-refractivity contribution is 6.32. The van der Waals surface area contributed by atoms with Gasteiger partial charge in [0.1, 0.15) is 23.1 Å². The Labute approximate surface area is 326 Å². The molecular weight excluding hydrogens is 746 g/mol. The van der Waals surface area contributed by atoms with Crippen LogP contribution in [-0.4, -0.2) is 43.0 Å². The average molecular weight is 782 g/mol. The van der Waals surface area contributed by atoms with Crippen LogP contribution < -0.4 is 19.3 Å². The van der Waals surface area contributed by atoms with Crippen LogP contribution in [0.5, 0.6) is 17.2 Å². The molecule has 0 spiro atoms. The number of imide groups is 2. The summed E-state index contributed by atoms with van der Waals surface area (Å²) in [4.78, 5) is 59.9. The zero-order valence-corrected chi connectivity index (χ0v) is 31.5. The van der Waals surface area contributed by atoms with E-state index in [1.807, 2.05) is 48.6 Å². The number of amides is 4. The highest BCUT2D eigenvalue weighted by Gasteiger charge is 2.68. The summed E-state index contributed by atoms with van der Waals surface area (Å²) in [5.74, 6) is -5.28. The summed E-state index contributed by atoms with van der Waals surface area (Å²) in [6, 6.07) is 20.7. The highest BCUT2D eigenvalue weighted by Crippen LogP contribution is 2.64. The molecule has 4 aromatic carbocycles. The molecule has 2 aliphatic carbocycles. The minimum Gasteiger partial charge on any atom is -0.508 e. The molecule has 0 bridgehead atoms. The first-order valence-corrected chi connectivity index (χ1v) is 18.5. The molecule has 6 unspecified atom stereocenters. The van der Waals surface area contributed by atoms with Gasteiger partial charge in [-0.1, -0.05) is 59.1 Å². The number of halogens is 3. The van der Waals surface area contributed by atoms with Crippen molar-refractivity contribution in [3.8, 4) is 17.2 Å². The highest BCUT2D eigenvalue weighted by atomic mass is 35.5. The number of nitrogens with zero attached hydrogens (tertiary/aromatic N) is 2. The van der Waals surface area contributed by atoms with Gasteiger partial charge in [0.05, 0.1) is 53.8 Å². The second kappa shape index (κ2) is 13.7. The van der Waals surface area contributed by atoms with Crippen molar-refractivity contribution in [1.82, 2.24) is 0 Å². The van der Waals surface area contributed by atoms with Crippen LogP contribution in [0.15, 0.2) is 90.5 Å². The molecule has 1 saturated carbocycles. The monoisotopic (exact) mass is 780 g/mol. The maximum atomic E-state index is 14.6. The van der Waals surface area contributed by atoms with Gasteiger partial charge in [0, 0.05) is 22.1 Å². The fraction of sp³-hybridized carbons (Fsp3) is 0.256. The van der Waals surface area contributed by atoms with Gasteiger partial charge in [0.2, 0.25) is 23.6 Å². The molecule has 2 heterocycles. The fourth-order valence-electron chi connectivity index (χ4n) is 9.13. The Kier molecular flexibility index (Phi) is 9.09. The largest absolute Gasteiger partial charge is 0.508 e. The fourth-order valence-corrected chi connectivity index (χ4v) is 9.49. The zero-order chi connectivity index (χ0) is 38.9. The molecule has 9 nitrogen and oxygen atoms in total. The van der Waals surface area contributed by atoms with E-state index < -0.39 is 58.5 Å². The number of phenols is 1. The maximum absolute atomic E-state index is 14.6. The van der Waals surface area contributed by atoms with Gasteiger partial charge in [-0.2, -0.15) is 0 Å². The molecule has 0 aromatic heterocycles. The summed E-state index contributed by atoms with van der Waals surface area (Å²) in [6.07, 6.45) is 5.98. The summed E-state index contributed by atoms with van der Waals surface area (Å²) in [7, 11) is 3.18. The SMILES string of the molecule is COc1ccc(OC)c(C=Cc2ccc(N3C(=O)C4CC=C5C(CC6C(=O)N(c7ccc(F)c(Cl)c7)C(=O)C6(C)C5c5cc(Cl)ccc5O)C4C3=O)cc2)c1. The van der Waals surface area contributed by atoms with Crippen LogP contribution in [0.2, 0.25) is 10.0 Å². The number of aromatic hydroxyl groups is 1. The van der Waals surface area contributed by atoms with Crippen LogP contribution in [0.3, 0.4) is 0 Å². The number of phenolic OH excluding ortho intramolecular Hbond substituents is 1. The summed E-state index contributed by atoms with van der Waals surface area (Å²) in [6.45, 7) is 1.69. The molecule has 2 saturated heterocycles. The molecule has 0 radical (unpaired) electrons. The van der Waals surface area contributed by atoms with E-state index >= 15 is 0 Å². The Bertz CT molecular complexity index is 2360. The van der Waals surface area contributed by atoms with Crippen LogP contribution >= 0.6 is 23.2 Å². The summed E-state index contributed by atoms with van der Waals surface area (Å²) >= 11 is 12.6. The van der Waals surface area contributed by atoms with Gasteiger partial charge in [-0.15, -0.1) is 0 Å². The Morgan fingerprint density at radius 3 is 2.27 bits per heavy atom. The second-order valence-corrected chi connectivity index (χ2v) is 15.4. The lowest BCUT2D eigenvalue weighted by atomic mass is 9.51. The Morgan fingerprint density at radius 2 is 1.56 bits per heavy atom. The summed E-state index contributed by atoms with van der Waals surface area (Å²) in [5, 5.41) is 11.3. The van der Waals surface area contributed by atoms with Crippen molar-refractivity contribution in [3.63, 3.8) is 0 Å². The van der Waals surface area contributed by atoms with Crippen LogP contribution in [-0.2, 0) is 19.2 Å². The lowest BCUT2D eigenvalue weighted by molar-refractivity contribution is -0.131. The molecule has 4 aromatic rings. The first kappa shape index (κ1) is 36.5. The number of rotatable bonds is 7. The van der Waals surface area contributed by atoms with Gasteiger partial charge in [0.15, 0.2) is 0 Å². The Balaban J connectivity index is 1.14. The molecule has 2 aliphatic heterocycles. The Morgan fingerprint density at radius 1 is 0.818 bits per heavy atom. The van der Waals surface area contributed by atoms with Crippen LogP contribution in [0, 0.1) is 34.9 Å². The van der Waals surface area contributed by atoms with E-state index in [2.05, 4.69) is 0 Å². The number of anilines is 2. The maximum Gasteiger partial charge on any atom is 0.241 e. The summed E-state index contributed by atoms with van der Waals surface area (Å²) < 4.78 is 25.0. The van der Waals surface area contributed by atoms with Crippen molar-refractivity contribution in [2.45, 2.75) is 25.7 Å². The van der Waals surface area contributed by atoms with Crippen LogP contribution in [0.25, 0.3) is 12.2 Å². The van der Waals surface area contributed by atoms with E-state index in [-0.39, 0.29) is 35.2 Å². The van der Waals surface area contributed by atoms with E-state index in [1.54, 1.807) is 39.3 Å². The van der Waals surface area contributed by atoms with E-state index in [0.29, 0.717) is 33.3 Å². The number of benzene rings is 4. The van der Waals surface area contributed by atoms with Crippen LogP contribution in [0.4, 0.5) is 15.8 Å². The summed E-state index contributed by atoms with van der Waals surface area (Å²) in [5.41, 5.74) is 1.74. The smallest absolute Gasteiger partial charge is 0.241 e. The third-order valence-corrected chi connectivity index (χ3v) is 12.3. The number of hydrogen-bond acceptors (Lipinski definition) is 7. The van der Waals surface area contributed by atoms with E-state index in [1.165, 1.54) is 29.2 Å². The molecule has 4 aliphatic rings. The number of ether oxygens (including phenoxy) is 2. The van der Waals surface area contributed by atoms with E-state index in [4.69, 9.17) is 32.7 Å². The minimum atomic E-state index is -1.43. The van der Waals surface area contributed by atoms with Crippen molar-refractivity contribution in [3.05, 3.63) is 123 Å². The topological polar surface area (TPSA) is 113 Å². The normalized spacial score (nSPS) is 25.9. The quantitative estimate of drug-likeness (QED) is 0.114. The molecule has 55 heavy (non-hydrogen) atoms. The third-order valence-electron chi connectivity index (χ3n) is 11.8. The molecule has 4 amide bonds. The van der Waals surface area contributed by atoms with Gasteiger partial charge in [-0.05, 0) is 98.0 Å². The number of methoxy groups -OCH3 is 2. The lowest BCUT2D eigenvalue weighted by Gasteiger charge is -2.49. The standard InChI is InChI=1S/C43H35Cl2FN2O7/c1-43-32(40(51)48(42(43)53)26-11-15-34(46)33(45)20-26)21-30-28(38(43)31-19-24(44)8-16-35(31)49)13-14-29-37(30)41(52)47(39(29)50)25-9-5-22(6-10-25)4-7-23-18-27(54-2)12-17-36(23)55-3/h4-13,15-20,29-30,32,37-38,49H,14,21H2,1-3H3. The third kappa shape index (κ3) is 5.73. The Hall–Kier alpha value is -5.45. The average Bonchev–Trinajstić information content (AvgIpc) is 3.55. The molecule has 280 valence electrons. The molecule has 3 fully saturated rings. The van der Waals surface area contributed by atoms with Crippen molar-refractivity contribution in [1.29, 1.82) is 0 Å². The number of carbonyl (C=O) groups is 4. The predicted molar refractivity (Wildman–Crippen MR) is 207 cm³/mol. The van der Waals surface area contributed by atoms with Gasteiger partial charge in [-0.3, -0.25) is 24.1 Å². The van der Waals surface area contributed by atoms with Crippen LogP contribution in [0.1, 0.15) is 42.4 Å². The first-order valence-electron chi connectivity index (χ1n) is 17.8. The van der Waals surface area contributed by atoms with Gasteiger partial charge in [-0.25, -0.2) is 9.29 Å².